The fourth-order valence-corrected chi connectivity index (χ4v) is 1.69. The van der Waals surface area contributed by atoms with E-state index in [9.17, 15) is 0 Å². The fraction of sp³-hybridized carbons (Fsp3) is 0.200. The van der Waals surface area contributed by atoms with E-state index in [1.165, 1.54) is 0 Å². The molecule has 1 aromatic carbocycles. The lowest BCUT2D eigenvalue weighted by molar-refractivity contribution is 0.683. The highest BCUT2D eigenvalue weighted by Crippen LogP contribution is 2.21. The normalized spacial score (nSPS) is 10.3. The Bertz CT molecular complexity index is 452. The van der Waals surface area contributed by atoms with Gasteiger partial charge in [0.1, 0.15) is 0 Å². The van der Waals surface area contributed by atoms with Gasteiger partial charge in [0.25, 0.3) is 0 Å². The molecule has 1 aromatic heterocycles. The molecular weight excluding hydrogens is 256 g/mol. The topological polar surface area (TPSA) is 42.7 Å². The molecule has 0 bridgehead atoms. The third kappa shape index (κ3) is 2.36. The summed E-state index contributed by atoms with van der Waals surface area (Å²) in [5, 5.41) is 11.0. The first-order valence-corrected chi connectivity index (χ1v) is 5.38. The van der Waals surface area contributed by atoms with E-state index < -0.39 is 0 Å². The van der Waals surface area contributed by atoms with Gasteiger partial charge >= 0.3 is 0 Å². The van der Waals surface area contributed by atoms with Crippen LogP contribution in [0.2, 0.25) is 0 Å². The van der Waals surface area contributed by atoms with Gasteiger partial charge in [-0.25, -0.2) is 0 Å². The van der Waals surface area contributed by atoms with Crippen LogP contribution in [0.3, 0.4) is 0 Å². The van der Waals surface area contributed by atoms with Crippen molar-refractivity contribution in [1.29, 1.82) is 0 Å². The summed E-state index contributed by atoms with van der Waals surface area (Å²) in [5.41, 5.74) is 2.12. The van der Waals surface area contributed by atoms with Gasteiger partial charge in [-0.15, -0.1) is 5.10 Å². The Balaban J connectivity index is 2.06. The van der Waals surface area contributed by atoms with Crippen LogP contribution in [0.5, 0.6) is 0 Å². The van der Waals surface area contributed by atoms with E-state index in [-0.39, 0.29) is 0 Å². The Morgan fingerprint density at radius 2 is 2.20 bits per heavy atom. The molecule has 78 valence electrons. The van der Waals surface area contributed by atoms with E-state index in [4.69, 9.17) is 0 Å². The monoisotopic (exact) mass is 266 g/mol. The molecule has 0 saturated carbocycles. The summed E-state index contributed by atoms with van der Waals surface area (Å²) in [6.45, 7) is 0.714. The maximum Gasteiger partial charge on any atom is 0.0774 e. The number of hydrogen-bond donors (Lipinski definition) is 1. The van der Waals surface area contributed by atoms with E-state index in [2.05, 4.69) is 31.6 Å². The van der Waals surface area contributed by atoms with Crippen LogP contribution in [-0.4, -0.2) is 15.0 Å². The summed E-state index contributed by atoms with van der Waals surface area (Å²) in [6.07, 6.45) is 1.75. The molecule has 5 heteroatoms. The van der Waals surface area contributed by atoms with Crippen molar-refractivity contribution >= 4 is 21.6 Å². The Kier molecular flexibility index (Phi) is 3.01. The van der Waals surface area contributed by atoms with Crippen LogP contribution in [0.25, 0.3) is 0 Å². The van der Waals surface area contributed by atoms with E-state index in [1.807, 2.05) is 31.3 Å². The number of aromatic nitrogens is 3. The van der Waals surface area contributed by atoms with Crippen LogP contribution in [0.15, 0.2) is 34.9 Å². The van der Waals surface area contributed by atoms with E-state index in [1.54, 1.807) is 10.9 Å². The molecule has 0 amide bonds. The quantitative estimate of drug-likeness (QED) is 0.926. The van der Waals surface area contributed by atoms with E-state index >= 15 is 0 Å². The average Bonchev–Trinajstić information content (AvgIpc) is 2.63. The second-order valence-corrected chi connectivity index (χ2v) is 4.04. The van der Waals surface area contributed by atoms with E-state index in [0.29, 0.717) is 6.54 Å². The minimum atomic E-state index is 0.714. The number of nitrogens with zero attached hydrogens (tertiary/aromatic N) is 3. The van der Waals surface area contributed by atoms with Gasteiger partial charge in [0.05, 0.1) is 18.4 Å². The highest BCUT2D eigenvalue weighted by Gasteiger charge is 2.01. The van der Waals surface area contributed by atoms with Crippen LogP contribution >= 0.6 is 15.9 Å². The van der Waals surface area contributed by atoms with Crippen LogP contribution < -0.4 is 5.32 Å². The summed E-state index contributed by atoms with van der Waals surface area (Å²) in [6, 6.07) is 8.01. The fourth-order valence-electron chi connectivity index (χ4n) is 1.26. The molecule has 2 aromatic rings. The van der Waals surface area contributed by atoms with E-state index in [0.717, 1.165) is 15.9 Å². The largest absolute Gasteiger partial charge is 0.378 e. The van der Waals surface area contributed by atoms with Gasteiger partial charge in [-0.3, -0.25) is 4.68 Å². The van der Waals surface area contributed by atoms with Gasteiger partial charge in [0, 0.05) is 17.2 Å². The van der Waals surface area contributed by atoms with Crippen molar-refractivity contribution in [2.24, 2.45) is 7.05 Å². The SMILES string of the molecule is Cn1nncc1CNc1ccccc1Br. The van der Waals surface area contributed by atoms with Crippen LogP contribution in [0.4, 0.5) is 5.69 Å². The van der Waals surface area contributed by atoms with Crippen molar-refractivity contribution in [3.63, 3.8) is 0 Å². The van der Waals surface area contributed by atoms with Crippen molar-refractivity contribution in [3.8, 4) is 0 Å². The number of anilines is 1. The summed E-state index contributed by atoms with van der Waals surface area (Å²) in [5.74, 6) is 0. The molecule has 15 heavy (non-hydrogen) atoms. The Hall–Kier alpha value is -1.36. The van der Waals surface area contributed by atoms with Crippen molar-refractivity contribution in [2.75, 3.05) is 5.32 Å². The average molecular weight is 267 g/mol. The first kappa shape index (κ1) is 10.2. The Labute approximate surface area is 96.4 Å². The lowest BCUT2D eigenvalue weighted by atomic mass is 10.3. The number of halogens is 1. The molecule has 0 saturated heterocycles. The standard InChI is InChI=1S/C10H11BrN4/c1-15-8(7-13-14-15)6-12-10-5-3-2-4-9(10)11/h2-5,7,12H,6H2,1H3. The summed E-state index contributed by atoms with van der Waals surface area (Å²) in [4.78, 5) is 0. The zero-order chi connectivity index (χ0) is 10.7. The summed E-state index contributed by atoms with van der Waals surface area (Å²) < 4.78 is 2.81. The highest BCUT2D eigenvalue weighted by atomic mass is 79.9. The number of nitrogens with one attached hydrogen (secondary N) is 1. The zero-order valence-electron chi connectivity index (χ0n) is 8.31. The van der Waals surface area contributed by atoms with Gasteiger partial charge in [0.15, 0.2) is 0 Å². The summed E-state index contributed by atoms with van der Waals surface area (Å²) in [7, 11) is 1.88. The molecular formula is C10H11BrN4. The van der Waals surface area contributed by atoms with Gasteiger partial charge in [-0.2, -0.15) is 0 Å². The number of hydrogen-bond acceptors (Lipinski definition) is 3. The van der Waals surface area contributed by atoms with Gasteiger partial charge in [-0.05, 0) is 28.1 Å². The Morgan fingerprint density at radius 1 is 1.40 bits per heavy atom. The molecule has 2 rings (SSSR count). The second-order valence-electron chi connectivity index (χ2n) is 3.18. The lowest BCUT2D eigenvalue weighted by Crippen LogP contribution is -2.05. The predicted molar refractivity (Wildman–Crippen MR) is 62.5 cm³/mol. The summed E-state index contributed by atoms with van der Waals surface area (Å²) >= 11 is 3.48. The maximum absolute atomic E-state index is 3.87. The van der Waals surface area contributed by atoms with Crippen LogP contribution in [0.1, 0.15) is 5.69 Å². The van der Waals surface area contributed by atoms with Gasteiger partial charge < -0.3 is 5.32 Å². The molecule has 1 N–H and O–H groups in total. The molecule has 0 radical (unpaired) electrons. The maximum atomic E-state index is 3.87. The molecule has 0 spiro atoms. The number of aryl methyl sites for hydroxylation is 1. The molecule has 0 aliphatic carbocycles. The second kappa shape index (κ2) is 4.44. The third-order valence-corrected chi connectivity index (χ3v) is 2.83. The Morgan fingerprint density at radius 3 is 2.87 bits per heavy atom. The van der Waals surface area contributed by atoms with Crippen LogP contribution in [0, 0.1) is 0 Å². The van der Waals surface area contributed by atoms with Gasteiger partial charge in [0.2, 0.25) is 0 Å². The molecule has 0 fully saturated rings. The van der Waals surface area contributed by atoms with Crippen molar-refractivity contribution in [2.45, 2.75) is 6.54 Å². The molecule has 4 nitrogen and oxygen atoms in total. The zero-order valence-corrected chi connectivity index (χ0v) is 9.90. The minimum Gasteiger partial charge on any atom is -0.378 e. The molecule has 1 heterocycles. The van der Waals surface area contributed by atoms with Crippen LogP contribution in [-0.2, 0) is 13.6 Å². The number of rotatable bonds is 3. The van der Waals surface area contributed by atoms with Gasteiger partial charge in [-0.1, -0.05) is 17.3 Å². The molecule has 0 aliphatic rings. The first-order valence-electron chi connectivity index (χ1n) is 4.59. The van der Waals surface area contributed by atoms with Crippen molar-refractivity contribution in [3.05, 3.63) is 40.6 Å². The van der Waals surface area contributed by atoms with Crippen molar-refractivity contribution < 1.29 is 0 Å². The number of para-hydroxylation sites is 1. The minimum absolute atomic E-state index is 0.714. The van der Waals surface area contributed by atoms with Crippen molar-refractivity contribution in [1.82, 2.24) is 15.0 Å². The smallest absolute Gasteiger partial charge is 0.0774 e. The third-order valence-electron chi connectivity index (χ3n) is 2.14. The molecule has 0 unspecified atom stereocenters. The number of benzene rings is 1. The molecule has 0 atom stereocenters. The molecule has 0 aliphatic heterocycles. The first-order chi connectivity index (χ1) is 7.27. The highest BCUT2D eigenvalue weighted by molar-refractivity contribution is 9.10. The lowest BCUT2D eigenvalue weighted by Gasteiger charge is -2.07. The predicted octanol–water partition coefficient (Wildman–Crippen LogP) is 2.19.